The van der Waals surface area contributed by atoms with Gasteiger partial charge in [-0.25, -0.2) is 4.39 Å². The SMILES string of the molecule is COc1cc(C)c(NC(=O)C(=O)NCc2ccccc2F)cc1OC. The molecule has 0 radical (unpaired) electrons. The molecule has 0 atom stereocenters. The molecule has 0 unspecified atom stereocenters. The van der Waals surface area contributed by atoms with E-state index in [1.165, 1.54) is 26.4 Å². The van der Waals surface area contributed by atoms with Crippen LogP contribution < -0.4 is 20.1 Å². The summed E-state index contributed by atoms with van der Waals surface area (Å²) in [4.78, 5) is 24.0. The van der Waals surface area contributed by atoms with E-state index >= 15 is 0 Å². The van der Waals surface area contributed by atoms with Gasteiger partial charge < -0.3 is 20.1 Å². The standard InChI is InChI=1S/C18H19FN2O4/c1-11-8-15(24-2)16(25-3)9-14(11)21-18(23)17(22)20-10-12-6-4-5-7-13(12)19/h4-9H,10H2,1-3H3,(H,20,22)(H,21,23). The Kier molecular flexibility index (Phi) is 5.94. The Morgan fingerprint density at radius 1 is 1.04 bits per heavy atom. The van der Waals surface area contributed by atoms with E-state index in [-0.39, 0.29) is 6.54 Å². The fourth-order valence-corrected chi connectivity index (χ4v) is 2.19. The van der Waals surface area contributed by atoms with Crippen LogP contribution in [0.25, 0.3) is 0 Å². The molecule has 25 heavy (non-hydrogen) atoms. The number of carbonyl (C=O) groups is 2. The maximum Gasteiger partial charge on any atom is 0.313 e. The van der Waals surface area contributed by atoms with Crippen LogP contribution in [-0.2, 0) is 16.1 Å². The zero-order chi connectivity index (χ0) is 18.4. The molecule has 0 bridgehead atoms. The smallest absolute Gasteiger partial charge is 0.313 e. The molecule has 0 aliphatic heterocycles. The van der Waals surface area contributed by atoms with E-state index in [9.17, 15) is 14.0 Å². The van der Waals surface area contributed by atoms with Crippen molar-refractivity contribution in [3.8, 4) is 11.5 Å². The number of carbonyl (C=O) groups excluding carboxylic acids is 2. The minimum absolute atomic E-state index is 0.0795. The Morgan fingerprint density at radius 2 is 1.68 bits per heavy atom. The summed E-state index contributed by atoms with van der Waals surface area (Å²) in [7, 11) is 2.98. The lowest BCUT2D eigenvalue weighted by molar-refractivity contribution is -0.136. The van der Waals surface area contributed by atoms with Crippen molar-refractivity contribution in [3.05, 3.63) is 53.3 Å². The average Bonchev–Trinajstić information content (AvgIpc) is 2.61. The lowest BCUT2D eigenvalue weighted by Crippen LogP contribution is -2.35. The molecular formula is C18H19FN2O4. The number of ether oxygens (including phenoxy) is 2. The van der Waals surface area contributed by atoms with Gasteiger partial charge in [-0.2, -0.15) is 0 Å². The molecular weight excluding hydrogens is 327 g/mol. The second-order valence-electron chi connectivity index (χ2n) is 5.25. The van der Waals surface area contributed by atoms with E-state index < -0.39 is 17.6 Å². The number of rotatable bonds is 5. The van der Waals surface area contributed by atoms with Crippen molar-refractivity contribution < 1.29 is 23.5 Å². The fourth-order valence-electron chi connectivity index (χ4n) is 2.19. The largest absolute Gasteiger partial charge is 0.493 e. The highest BCUT2D eigenvalue weighted by molar-refractivity contribution is 6.39. The van der Waals surface area contributed by atoms with Gasteiger partial charge in [-0.1, -0.05) is 18.2 Å². The number of aryl methyl sites for hydroxylation is 1. The second kappa shape index (κ2) is 8.14. The van der Waals surface area contributed by atoms with Crippen LogP contribution in [0.4, 0.5) is 10.1 Å². The molecule has 2 N–H and O–H groups in total. The normalized spacial score (nSPS) is 10.1. The van der Waals surface area contributed by atoms with Crippen LogP contribution in [0.1, 0.15) is 11.1 Å². The lowest BCUT2D eigenvalue weighted by atomic mass is 10.1. The van der Waals surface area contributed by atoms with Gasteiger partial charge in [0.05, 0.1) is 14.2 Å². The molecule has 0 heterocycles. The summed E-state index contributed by atoms with van der Waals surface area (Å²) < 4.78 is 23.9. The van der Waals surface area contributed by atoms with Gasteiger partial charge in [0.15, 0.2) is 11.5 Å². The van der Waals surface area contributed by atoms with Crippen LogP contribution in [0.5, 0.6) is 11.5 Å². The summed E-state index contributed by atoms with van der Waals surface area (Å²) in [6, 6.07) is 9.27. The van der Waals surface area contributed by atoms with Gasteiger partial charge in [0, 0.05) is 23.9 Å². The third-order valence-electron chi connectivity index (χ3n) is 3.58. The van der Waals surface area contributed by atoms with Crippen LogP contribution in [0.15, 0.2) is 36.4 Å². The summed E-state index contributed by atoms with van der Waals surface area (Å²) in [5.74, 6) is -1.22. The van der Waals surface area contributed by atoms with Crippen molar-refractivity contribution in [3.63, 3.8) is 0 Å². The van der Waals surface area contributed by atoms with E-state index in [0.717, 1.165) is 0 Å². The Hall–Kier alpha value is -3.09. The van der Waals surface area contributed by atoms with Gasteiger partial charge in [0.2, 0.25) is 0 Å². The molecule has 132 valence electrons. The van der Waals surface area contributed by atoms with Crippen LogP contribution in [0.2, 0.25) is 0 Å². The zero-order valence-electron chi connectivity index (χ0n) is 14.2. The van der Waals surface area contributed by atoms with Crippen molar-refractivity contribution >= 4 is 17.5 Å². The van der Waals surface area contributed by atoms with Crippen molar-refractivity contribution in [1.29, 1.82) is 0 Å². The average molecular weight is 346 g/mol. The van der Waals surface area contributed by atoms with Gasteiger partial charge in [-0.3, -0.25) is 9.59 Å². The van der Waals surface area contributed by atoms with Crippen LogP contribution in [0, 0.1) is 12.7 Å². The molecule has 2 rings (SSSR count). The molecule has 7 heteroatoms. The minimum Gasteiger partial charge on any atom is -0.493 e. The summed E-state index contributed by atoms with van der Waals surface area (Å²) in [6.45, 7) is 1.68. The molecule has 0 saturated carbocycles. The number of nitrogens with one attached hydrogen (secondary N) is 2. The van der Waals surface area contributed by atoms with Gasteiger partial charge in [-0.05, 0) is 24.6 Å². The first kappa shape index (κ1) is 18.3. The highest BCUT2D eigenvalue weighted by Gasteiger charge is 2.17. The van der Waals surface area contributed by atoms with E-state index in [4.69, 9.17) is 9.47 Å². The van der Waals surface area contributed by atoms with E-state index in [2.05, 4.69) is 10.6 Å². The first-order valence-electron chi connectivity index (χ1n) is 7.51. The number of halogens is 1. The van der Waals surface area contributed by atoms with Crippen molar-refractivity contribution in [2.45, 2.75) is 13.5 Å². The van der Waals surface area contributed by atoms with Gasteiger partial charge in [0.1, 0.15) is 5.82 Å². The number of methoxy groups -OCH3 is 2. The predicted molar refractivity (Wildman–Crippen MR) is 91.2 cm³/mol. The molecule has 0 aliphatic carbocycles. The number of hydrogen-bond acceptors (Lipinski definition) is 4. The van der Waals surface area contributed by atoms with Gasteiger partial charge in [-0.15, -0.1) is 0 Å². The number of benzene rings is 2. The maximum absolute atomic E-state index is 13.5. The van der Waals surface area contributed by atoms with E-state index in [1.807, 2.05) is 0 Å². The van der Waals surface area contributed by atoms with Crippen molar-refractivity contribution in [2.24, 2.45) is 0 Å². The summed E-state index contributed by atoms with van der Waals surface area (Å²) in [5.41, 5.74) is 1.42. The zero-order valence-corrected chi connectivity index (χ0v) is 14.2. The molecule has 0 spiro atoms. The third kappa shape index (κ3) is 4.47. The minimum atomic E-state index is -0.863. The maximum atomic E-state index is 13.5. The molecule has 0 fully saturated rings. The second-order valence-corrected chi connectivity index (χ2v) is 5.25. The molecule has 0 aromatic heterocycles. The van der Waals surface area contributed by atoms with Gasteiger partial charge in [0.25, 0.3) is 0 Å². The summed E-state index contributed by atoms with van der Waals surface area (Å²) in [5, 5.41) is 4.89. The van der Waals surface area contributed by atoms with Crippen molar-refractivity contribution in [2.75, 3.05) is 19.5 Å². The Labute approximate surface area is 144 Å². The van der Waals surface area contributed by atoms with Crippen LogP contribution in [-0.4, -0.2) is 26.0 Å². The molecule has 2 aromatic rings. The Bertz CT molecular complexity index is 793. The molecule has 0 aliphatic rings. The molecule has 6 nitrogen and oxygen atoms in total. The quantitative estimate of drug-likeness (QED) is 0.815. The monoisotopic (exact) mass is 346 g/mol. The number of amides is 2. The van der Waals surface area contributed by atoms with Crippen LogP contribution >= 0.6 is 0 Å². The summed E-state index contributed by atoms with van der Waals surface area (Å²) >= 11 is 0. The van der Waals surface area contributed by atoms with E-state index in [1.54, 1.807) is 31.2 Å². The third-order valence-corrected chi connectivity index (χ3v) is 3.58. The topological polar surface area (TPSA) is 76.7 Å². The Morgan fingerprint density at radius 3 is 2.32 bits per heavy atom. The van der Waals surface area contributed by atoms with Crippen LogP contribution in [0.3, 0.4) is 0 Å². The predicted octanol–water partition coefficient (Wildman–Crippen LogP) is 2.41. The number of hydrogen-bond donors (Lipinski definition) is 2. The summed E-state index contributed by atoms with van der Waals surface area (Å²) in [6.07, 6.45) is 0. The highest BCUT2D eigenvalue weighted by atomic mass is 19.1. The fraction of sp³-hybridized carbons (Fsp3) is 0.222. The van der Waals surface area contributed by atoms with Crippen molar-refractivity contribution in [1.82, 2.24) is 5.32 Å². The lowest BCUT2D eigenvalue weighted by Gasteiger charge is -2.13. The number of anilines is 1. The Balaban J connectivity index is 2.04. The van der Waals surface area contributed by atoms with Gasteiger partial charge >= 0.3 is 11.8 Å². The first-order chi connectivity index (χ1) is 12.0. The molecule has 2 aromatic carbocycles. The first-order valence-corrected chi connectivity index (χ1v) is 7.51. The molecule has 0 saturated heterocycles. The molecule has 2 amide bonds. The highest BCUT2D eigenvalue weighted by Crippen LogP contribution is 2.32. The van der Waals surface area contributed by atoms with E-state index in [0.29, 0.717) is 28.3 Å².